The van der Waals surface area contributed by atoms with E-state index in [9.17, 15) is 0 Å². The van der Waals surface area contributed by atoms with Crippen LogP contribution in [-0.2, 0) is 0 Å². The van der Waals surface area contributed by atoms with E-state index in [1.54, 1.807) is 0 Å². The van der Waals surface area contributed by atoms with Crippen molar-refractivity contribution in [2.24, 2.45) is 11.8 Å². The molecular formula is C16H26N2. The summed E-state index contributed by atoms with van der Waals surface area (Å²) in [5.41, 5.74) is 1.35. The van der Waals surface area contributed by atoms with Crippen LogP contribution in [0.15, 0.2) is 24.5 Å². The Bertz CT molecular complexity index is 328. The third-order valence-electron chi connectivity index (χ3n) is 4.41. The van der Waals surface area contributed by atoms with Gasteiger partial charge in [0.1, 0.15) is 0 Å². The maximum absolute atomic E-state index is 4.25. The van der Waals surface area contributed by atoms with Crippen LogP contribution in [0, 0.1) is 11.8 Å². The summed E-state index contributed by atoms with van der Waals surface area (Å²) in [5.74, 6) is 1.77. The summed E-state index contributed by atoms with van der Waals surface area (Å²) in [6.07, 6.45) is 12.2. The van der Waals surface area contributed by atoms with Gasteiger partial charge in [-0.05, 0) is 43.4 Å². The Labute approximate surface area is 111 Å². The highest BCUT2D eigenvalue weighted by atomic mass is 14.9. The highest BCUT2D eigenvalue weighted by molar-refractivity contribution is 5.15. The molecule has 1 atom stereocenters. The van der Waals surface area contributed by atoms with Crippen LogP contribution in [0.4, 0.5) is 0 Å². The number of rotatable bonds is 5. The maximum Gasteiger partial charge on any atom is 0.0361 e. The Kier molecular flexibility index (Phi) is 5.18. The first-order valence-corrected chi connectivity index (χ1v) is 7.42. The van der Waals surface area contributed by atoms with E-state index < -0.39 is 0 Å². The van der Waals surface area contributed by atoms with E-state index in [1.165, 1.54) is 44.1 Å². The van der Waals surface area contributed by atoms with Crippen LogP contribution in [0.2, 0.25) is 0 Å². The molecule has 1 aromatic heterocycles. The molecule has 1 saturated carbocycles. The van der Waals surface area contributed by atoms with Gasteiger partial charge in [-0.1, -0.05) is 38.7 Å². The number of pyridine rings is 1. The van der Waals surface area contributed by atoms with E-state index in [-0.39, 0.29) is 0 Å². The largest absolute Gasteiger partial charge is 0.313 e. The van der Waals surface area contributed by atoms with Gasteiger partial charge in [0, 0.05) is 18.4 Å². The van der Waals surface area contributed by atoms with Gasteiger partial charge in [0.15, 0.2) is 0 Å². The monoisotopic (exact) mass is 246 g/mol. The van der Waals surface area contributed by atoms with E-state index in [0.717, 1.165) is 11.8 Å². The van der Waals surface area contributed by atoms with Crippen LogP contribution in [0.1, 0.15) is 57.1 Å². The minimum atomic E-state index is 0.487. The van der Waals surface area contributed by atoms with E-state index in [2.05, 4.69) is 30.3 Å². The number of hydrogen-bond acceptors (Lipinski definition) is 2. The molecule has 100 valence electrons. The first kappa shape index (κ1) is 13.5. The number of nitrogens with one attached hydrogen (secondary N) is 1. The summed E-state index contributed by atoms with van der Waals surface area (Å²) in [4.78, 5) is 4.25. The summed E-state index contributed by atoms with van der Waals surface area (Å²) >= 11 is 0. The Hall–Kier alpha value is -0.890. The second-order valence-corrected chi connectivity index (χ2v) is 5.62. The standard InChI is InChI=1S/C16H26N2/c1-3-5-13-7-9-14(10-8-13)16(17-2)15-6-4-11-18-12-15/h4,6,11-14,16-17H,3,5,7-10H2,1-2H3. The van der Waals surface area contributed by atoms with Crippen LogP contribution >= 0.6 is 0 Å². The minimum Gasteiger partial charge on any atom is -0.313 e. The highest BCUT2D eigenvalue weighted by Gasteiger charge is 2.27. The molecule has 0 amide bonds. The quantitative estimate of drug-likeness (QED) is 0.851. The maximum atomic E-state index is 4.25. The van der Waals surface area contributed by atoms with E-state index >= 15 is 0 Å². The van der Waals surface area contributed by atoms with Crippen LogP contribution in [0.25, 0.3) is 0 Å². The molecule has 1 unspecified atom stereocenters. The van der Waals surface area contributed by atoms with E-state index in [4.69, 9.17) is 0 Å². The lowest BCUT2D eigenvalue weighted by molar-refractivity contribution is 0.219. The van der Waals surface area contributed by atoms with Gasteiger partial charge in [0.05, 0.1) is 0 Å². The van der Waals surface area contributed by atoms with Crippen molar-refractivity contribution < 1.29 is 0 Å². The normalized spacial score (nSPS) is 25.9. The molecule has 1 aliphatic carbocycles. The Morgan fingerprint density at radius 1 is 1.33 bits per heavy atom. The fourth-order valence-electron chi connectivity index (χ4n) is 3.45. The van der Waals surface area contributed by atoms with Gasteiger partial charge in [-0.25, -0.2) is 0 Å². The van der Waals surface area contributed by atoms with Gasteiger partial charge < -0.3 is 5.32 Å². The number of aromatic nitrogens is 1. The van der Waals surface area contributed by atoms with Crippen molar-refractivity contribution in [3.63, 3.8) is 0 Å². The second kappa shape index (κ2) is 6.89. The van der Waals surface area contributed by atoms with Crippen molar-refractivity contribution in [3.8, 4) is 0 Å². The Morgan fingerprint density at radius 3 is 2.67 bits per heavy atom. The van der Waals surface area contributed by atoms with Gasteiger partial charge in [-0.15, -0.1) is 0 Å². The molecule has 0 bridgehead atoms. The number of nitrogens with zero attached hydrogens (tertiary/aromatic N) is 1. The van der Waals surface area contributed by atoms with Gasteiger partial charge in [0.25, 0.3) is 0 Å². The van der Waals surface area contributed by atoms with E-state index in [0.29, 0.717) is 6.04 Å². The third kappa shape index (κ3) is 3.32. The molecule has 2 heteroatoms. The third-order valence-corrected chi connectivity index (χ3v) is 4.41. The van der Waals surface area contributed by atoms with Crippen LogP contribution in [-0.4, -0.2) is 12.0 Å². The zero-order chi connectivity index (χ0) is 12.8. The minimum absolute atomic E-state index is 0.487. The highest BCUT2D eigenvalue weighted by Crippen LogP contribution is 2.37. The lowest BCUT2D eigenvalue weighted by Crippen LogP contribution is -2.28. The summed E-state index contributed by atoms with van der Waals surface area (Å²) in [5, 5.41) is 3.49. The summed E-state index contributed by atoms with van der Waals surface area (Å²) < 4.78 is 0. The first-order valence-electron chi connectivity index (χ1n) is 7.42. The average Bonchev–Trinajstić information content (AvgIpc) is 2.43. The Balaban J connectivity index is 1.95. The van der Waals surface area contributed by atoms with Crippen LogP contribution in [0.5, 0.6) is 0 Å². The molecule has 1 aliphatic rings. The molecule has 1 fully saturated rings. The average molecular weight is 246 g/mol. The second-order valence-electron chi connectivity index (χ2n) is 5.62. The van der Waals surface area contributed by atoms with Crippen molar-refractivity contribution in [3.05, 3.63) is 30.1 Å². The van der Waals surface area contributed by atoms with Gasteiger partial charge in [0.2, 0.25) is 0 Å². The topological polar surface area (TPSA) is 24.9 Å². The molecule has 0 aromatic carbocycles. The molecule has 2 nitrogen and oxygen atoms in total. The molecule has 0 radical (unpaired) electrons. The molecule has 18 heavy (non-hydrogen) atoms. The molecule has 1 aromatic rings. The summed E-state index contributed by atoms with van der Waals surface area (Å²) in [6.45, 7) is 2.30. The fraction of sp³-hybridized carbons (Fsp3) is 0.688. The zero-order valence-corrected chi connectivity index (χ0v) is 11.7. The molecular weight excluding hydrogens is 220 g/mol. The lowest BCUT2D eigenvalue weighted by Gasteiger charge is -2.34. The lowest BCUT2D eigenvalue weighted by atomic mass is 9.76. The van der Waals surface area contributed by atoms with Gasteiger partial charge in [-0.2, -0.15) is 0 Å². The van der Waals surface area contributed by atoms with Crippen molar-refractivity contribution in [1.82, 2.24) is 10.3 Å². The molecule has 2 rings (SSSR count). The summed E-state index contributed by atoms with van der Waals surface area (Å²) in [7, 11) is 2.08. The summed E-state index contributed by atoms with van der Waals surface area (Å²) in [6, 6.07) is 4.73. The smallest absolute Gasteiger partial charge is 0.0361 e. The van der Waals surface area contributed by atoms with E-state index in [1.807, 2.05) is 18.5 Å². The van der Waals surface area contributed by atoms with Crippen molar-refractivity contribution in [2.75, 3.05) is 7.05 Å². The van der Waals surface area contributed by atoms with Crippen molar-refractivity contribution in [2.45, 2.75) is 51.5 Å². The van der Waals surface area contributed by atoms with Crippen molar-refractivity contribution >= 4 is 0 Å². The Morgan fingerprint density at radius 2 is 2.11 bits per heavy atom. The predicted octanol–water partition coefficient (Wildman–Crippen LogP) is 3.95. The molecule has 1 N–H and O–H groups in total. The van der Waals surface area contributed by atoms with Gasteiger partial charge in [-0.3, -0.25) is 4.98 Å². The van der Waals surface area contributed by atoms with Crippen LogP contribution in [0.3, 0.4) is 0 Å². The van der Waals surface area contributed by atoms with Gasteiger partial charge >= 0.3 is 0 Å². The molecule has 0 saturated heterocycles. The molecule has 0 spiro atoms. The predicted molar refractivity (Wildman–Crippen MR) is 76.4 cm³/mol. The fourth-order valence-corrected chi connectivity index (χ4v) is 3.45. The number of hydrogen-bond donors (Lipinski definition) is 1. The zero-order valence-electron chi connectivity index (χ0n) is 11.7. The molecule has 0 aliphatic heterocycles. The molecule has 1 heterocycles. The SMILES string of the molecule is CCCC1CCC(C(NC)c2cccnc2)CC1. The first-order chi connectivity index (χ1) is 8.85. The van der Waals surface area contributed by atoms with Crippen LogP contribution < -0.4 is 5.32 Å². The van der Waals surface area contributed by atoms with Crippen molar-refractivity contribution in [1.29, 1.82) is 0 Å².